The van der Waals surface area contributed by atoms with Gasteiger partial charge in [-0.1, -0.05) is 60.7 Å². The first-order valence-electron chi connectivity index (χ1n) is 7.72. The van der Waals surface area contributed by atoms with Crippen LogP contribution in [0.1, 0.15) is 43.5 Å². The lowest BCUT2D eigenvalue weighted by Crippen LogP contribution is -2.21. The molecule has 0 saturated carbocycles. The average Bonchev–Trinajstić information content (AvgIpc) is 2.55. The molecule has 2 heteroatoms. The van der Waals surface area contributed by atoms with Crippen molar-refractivity contribution in [2.24, 2.45) is 0 Å². The molecule has 0 aliphatic heterocycles. The van der Waals surface area contributed by atoms with E-state index in [9.17, 15) is 0 Å². The molecule has 0 fully saturated rings. The van der Waals surface area contributed by atoms with Crippen molar-refractivity contribution in [2.75, 3.05) is 13.2 Å². The van der Waals surface area contributed by atoms with E-state index in [1.54, 1.807) is 0 Å². The van der Waals surface area contributed by atoms with E-state index >= 15 is 0 Å². The molecule has 0 aliphatic carbocycles. The quantitative estimate of drug-likeness (QED) is 0.720. The largest absolute Gasteiger partial charge is 0.374 e. The Balaban J connectivity index is 1.62. The predicted octanol–water partition coefficient (Wildman–Crippen LogP) is 4.51. The minimum Gasteiger partial charge on any atom is -0.374 e. The van der Waals surface area contributed by atoms with Crippen molar-refractivity contribution >= 4 is 0 Å². The van der Waals surface area contributed by atoms with E-state index in [4.69, 9.17) is 4.74 Å². The molecule has 2 aromatic carbocycles. The molecule has 0 saturated heterocycles. The van der Waals surface area contributed by atoms with E-state index in [1.807, 2.05) is 6.07 Å². The molecule has 0 aromatic heterocycles. The summed E-state index contributed by atoms with van der Waals surface area (Å²) in [6.45, 7) is 6.06. The van der Waals surface area contributed by atoms with Gasteiger partial charge in [0.25, 0.3) is 0 Å². The van der Waals surface area contributed by atoms with Crippen molar-refractivity contribution in [3.8, 4) is 0 Å². The Morgan fingerprint density at radius 2 is 1.43 bits per heavy atom. The van der Waals surface area contributed by atoms with Crippen molar-refractivity contribution in [3.05, 3.63) is 71.8 Å². The molecule has 21 heavy (non-hydrogen) atoms. The van der Waals surface area contributed by atoms with E-state index < -0.39 is 0 Å². The van der Waals surface area contributed by atoms with Gasteiger partial charge >= 0.3 is 0 Å². The Hall–Kier alpha value is -1.64. The number of nitrogens with one attached hydrogen (secondary N) is 1. The van der Waals surface area contributed by atoms with Gasteiger partial charge in [0.15, 0.2) is 0 Å². The van der Waals surface area contributed by atoms with E-state index in [-0.39, 0.29) is 6.10 Å². The smallest absolute Gasteiger partial charge is 0.0796 e. The molecule has 112 valence electrons. The summed E-state index contributed by atoms with van der Waals surface area (Å²) < 4.78 is 5.88. The zero-order valence-electron chi connectivity index (χ0n) is 13.0. The Kier molecular flexibility index (Phi) is 6.45. The Bertz CT molecular complexity index is 450. The summed E-state index contributed by atoms with van der Waals surface area (Å²) in [6.07, 6.45) is 1.19. The summed E-state index contributed by atoms with van der Waals surface area (Å²) >= 11 is 0. The summed E-state index contributed by atoms with van der Waals surface area (Å²) in [5, 5.41) is 3.53. The third kappa shape index (κ3) is 5.33. The summed E-state index contributed by atoms with van der Waals surface area (Å²) in [4.78, 5) is 0. The molecule has 2 aromatic rings. The number of ether oxygens (including phenoxy) is 1. The van der Waals surface area contributed by atoms with Crippen molar-refractivity contribution in [1.82, 2.24) is 5.32 Å². The van der Waals surface area contributed by atoms with Gasteiger partial charge in [-0.25, -0.2) is 0 Å². The van der Waals surface area contributed by atoms with Crippen LogP contribution in [0.15, 0.2) is 60.7 Å². The predicted molar refractivity (Wildman–Crippen MR) is 88.3 cm³/mol. The van der Waals surface area contributed by atoms with Gasteiger partial charge in [-0.05, 0) is 37.9 Å². The maximum absolute atomic E-state index is 5.88. The second kappa shape index (κ2) is 8.60. The summed E-state index contributed by atoms with van der Waals surface area (Å²) in [5.41, 5.74) is 2.57. The summed E-state index contributed by atoms with van der Waals surface area (Å²) in [5.74, 6) is 0. The lowest BCUT2D eigenvalue weighted by molar-refractivity contribution is 0.0638. The first kappa shape index (κ1) is 15.7. The van der Waals surface area contributed by atoms with Crippen molar-refractivity contribution in [1.29, 1.82) is 0 Å². The first-order valence-corrected chi connectivity index (χ1v) is 7.72. The van der Waals surface area contributed by atoms with Crippen LogP contribution in [0.5, 0.6) is 0 Å². The van der Waals surface area contributed by atoms with Crippen LogP contribution in [0.2, 0.25) is 0 Å². The molecule has 0 heterocycles. The van der Waals surface area contributed by atoms with Crippen LogP contribution in [0.25, 0.3) is 0 Å². The van der Waals surface area contributed by atoms with Crippen LogP contribution in [-0.4, -0.2) is 13.2 Å². The van der Waals surface area contributed by atoms with Gasteiger partial charge in [0, 0.05) is 12.6 Å². The molecule has 2 rings (SSSR count). The standard InChI is InChI=1S/C19H25NO/c1-16(18-10-5-3-6-11-18)20-14-9-15-21-17(2)19-12-7-4-8-13-19/h3-8,10-13,16-17,20H,9,14-15H2,1-2H3. The average molecular weight is 283 g/mol. The van der Waals surface area contributed by atoms with Crippen LogP contribution >= 0.6 is 0 Å². The molecule has 2 atom stereocenters. The molecular weight excluding hydrogens is 258 g/mol. The maximum atomic E-state index is 5.88. The van der Waals surface area contributed by atoms with E-state index in [1.165, 1.54) is 11.1 Å². The fourth-order valence-corrected chi connectivity index (χ4v) is 2.33. The van der Waals surface area contributed by atoms with Gasteiger partial charge in [0.1, 0.15) is 0 Å². The molecular formula is C19H25NO. The molecule has 0 aliphatic rings. The normalized spacial score (nSPS) is 13.8. The van der Waals surface area contributed by atoms with Gasteiger partial charge in [-0.2, -0.15) is 0 Å². The maximum Gasteiger partial charge on any atom is 0.0796 e. The van der Waals surface area contributed by atoms with Crippen molar-refractivity contribution < 1.29 is 4.74 Å². The fraction of sp³-hybridized carbons (Fsp3) is 0.368. The second-order valence-corrected chi connectivity index (χ2v) is 5.36. The van der Waals surface area contributed by atoms with Gasteiger partial charge in [0.2, 0.25) is 0 Å². The van der Waals surface area contributed by atoms with E-state index in [2.05, 4.69) is 73.8 Å². The Morgan fingerprint density at radius 3 is 2.05 bits per heavy atom. The minimum atomic E-state index is 0.165. The van der Waals surface area contributed by atoms with Crippen LogP contribution in [-0.2, 0) is 4.74 Å². The van der Waals surface area contributed by atoms with E-state index in [0.29, 0.717) is 6.04 Å². The van der Waals surface area contributed by atoms with Crippen LogP contribution < -0.4 is 5.32 Å². The third-order valence-corrected chi connectivity index (χ3v) is 3.71. The monoisotopic (exact) mass is 283 g/mol. The molecule has 2 nitrogen and oxygen atoms in total. The molecule has 0 amide bonds. The summed E-state index contributed by atoms with van der Waals surface area (Å²) in [6, 6.07) is 21.3. The molecule has 0 bridgehead atoms. The molecule has 1 N–H and O–H groups in total. The summed E-state index contributed by atoms with van der Waals surface area (Å²) in [7, 11) is 0. The first-order chi connectivity index (χ1) is 10.3. The van der Waals surface area contributed by atoms with Crippen molar-refractivity contribution in [3.63, 3.8) is 0 Å². The number of benzene rings is 2. The third-order valence-electron chi connectivity index (χ3n) is 3.71. The molecule has 2 unspecified atom stereocenters. The van der Waals surface area contributed by atoms with Crippen molar-refractivity contribution in [2.45, 2.75) is 32.4 Å². The molecule has 0 radical (unpaired) electrons. The highest BCUT2D eigenvalue weighted by Gasteiger charge is 2.05. The zero-order valence-corrected chi connectivity index (χ0v) is 13.0. The lowest BCUT2D eigenvalue weighted by Gasteiger charge is -2.16. The highest BCUT2D eigenvalue weighted by atomic mass is 16.5. The molecule has 0 spiro atoms. The SMILES string of the molecule is CC(NCCCOC(C)c1ccccc1)c1ccccc1. The highest BCUT2D eigenvalue weighted by molar-refractivity contribution is 5.18. The van der Waals surface area contributed by atoms with Crippen LogP contribution in [0, 0.1) is 0 Å². The Labute approximate surface area is 128 Å². The zero-order chi connectivity index (χ0) is 14.9. The van der Waals surface area contributed by atoms with Gasteiger partial charge in [0.05, 0.1) is 6.10 Å². The second-order valence-electron chi connectivity index (χ2n) is 5.36. The van der Waals surface area contributed by atoms with Crippen LogP contribution in [0.3, 0.4) is 0 Å². The number of rotatable bonds is 8. The van der Waals surface area contributed by atoms with Gasteiger partial charge in [-0.3, -0.25) is 0 Å². The number of hydrogen-bond donors (Lipinski definition) is 1. The highest BCUT2D eigenvalue weighted by Crippen LogP contribution is 2.16. The lowest BCUT2D eigenvalue weighted by atomic mass is 10.1. The number of hydrogen-bond acceptors (Lipinski definition) is 2. The topological polar surface area (TPSA) is 21.3 Å². The van der Waals surface area contributed by atoms with Crippen LogP contribution in [0.4, 0.5) is 0 Å². The van der Waals surface area contributed by atoms with E-state index in [0.717, 1.165) is 19.6 Å². The Morgan fingerprint density at radius 1 is 0.857 bits per heavy atom. The van der Waals surface area contributed by atoms with Gasteiger partial charge < -0.3 is 10.1 Å². The fourth-order valence-electron chi connectivity index (χ4n) is 2.33. The minimum absolute atomic E-state index is 0.165. The van der Waals surface area contributed by atoms with Gasteiger partial charge in [-0.15, -0.1) is 0 Å².